The molecule has 1 N–H and O–H groups in total. The van der Waals surface area contributed by atoms with Crippen LogP contribution >= 0.6 is 27.3 Å². The molecule has 124 valence electrons. The first-order valence-electron chi connectivity index (χ1n) is 7.26. The number of nitrogens with one attached hydrogen (secondary N) is 1. The van der Waals surface area contributed by atoms with Gasteiger partial charge in [-0.2, -0.15) is 0 Å². The van der Waals surface area contributed by atoms with Crippen LogP contribution in [0.2, 0.25) is 0 Å². The maximum absolute atomic E-state index is 13.2. The van der Waals surface area contributed by atoms with Crippen LogP contribution in [0.4, 0.5) is 4.39 Å². The highest BCUT2D eigenvalue weighted by Gasteiger charge is 2.08. The molecule has 0 aliphatic carbocycles. The number of aliphatic imine (C=N–C) groups is 1. The number of hydrogen-bond donors (Lipinski definition) is 1. The van der Waals surface area contributed by atoms with Gasteiger partial charge in [0.15, 0.2) is 5.96 Å². The van der Waals surface area contributed by atoms with Crippen molar-refractivity contribution in [2.75, 3.05) is 20.6 Å². The van der Waals surface area contributed by atoms with Gasteiger partial charge in [0.2, 0.25) is 0 Å². The molecule has 0 aliphatic rings. The molecule has 1 aromatic carbocycles. The Labute approximate surface area is 148 Å². The minimum Gasteiger partial charge on any atom is -0.356 e. The van der Waals surface area contributed by atoms with E-state index in [0.717, 1.165) is 35.2 Å². The average molecular weight is 399 g/mol. The fourth-order valence-corrected chi connectivity index (χ4v) is 3.23. The molecule has 4 nitrogen and oxygen atoms in total. The van der Waals surface area contributed by atoms with E-state index < -0.39 is 0 Å². The second kappa shape index (κ2) is 8.40. The van der Waals surface area contributed by atoms with Crippen molar-refractivity contribution in [2.24, 2.45) is 4.99 Å². The summed E-state index contributed by atoms with van der Waals surface area (Å²) in [6.07, 6.45) is 0.793. The van der Waals surface area contributed by atoms with Gasteiger partial charge >= 0.3 is 0 Å². The van der Waals surface area contributed by atoms with Crippen LogP contribution in [0.1, 0.15) is 16.3 Å². The lowest BCUT2D eigenvalue weighted by Crippen LogP contribution is -2.39. The Hall–Kier alpha value is -1.47. The number of aryl methyl sites for hydroxylation is 1. The van der Waals surface area contributed by atoms with E-state index in [1.165, 1.54) is 6.07 Å². The van der Waals surface area contributed by atoms with E-state index in [4.69, 9.17) is 0 Å². The van der Waals surface area contributed by atoms with E-state index in [2.05, 4.69) is 36.6 Å². The zero-order chi connectivity index (χ0) is 16.8. The summed E-state index contributed by atoms with van der Waals surface area (Å²) in [5, 5.41) is 6.45. The van der Waals surface area contributed by atoms with Crippen molar-refractivity contribution in [1.82, 2.24) is 15.2 Å². The molecule has 0 atom stereocenters. The number of thiazole rings is 1. The van der Waals surface area contributed by atoms with Crippen LogP contribution in [0.5, 0.6) is 0 Å². The van der Waals surface area contributed by atoms with Crippen molar-refractivity contribution in [3.63, 3.8) is 0 Å². The monoisotopic (exact) mass is 398 g/mol. The number of hydrogen-bond acceptors (Lipinski definition) is 3. The molecule has 0 unspecified atom stereocenters. The van der Waals surface area contributed by atoms with E-state index >= 15 is 0 Å². The van der Waals surface area contributed by atoms with Gasteiger partial charge in [0.05, 0.1) is 21.7 Å². The highest BCUT2D eigenvalue weighted by molar-refractivity contribution is 9.10. The number of aromatic nitrogens is 1. The molecule has 0 aliphatic heterocycles. The van der Waals surface area contributed by atoms with Gasteiger partial charge in [0, 0.05) is 26.0 Å². The molecule has 2 rings (SSSR count). The van der Waals surface area contributed by atoms with Crippen LogP contribution in [0.15, 0.2) is 33.0 Å². The topological polar surface area (TPSA) is 40.5 Å². The fourth-order valence-electron chi connectivity index (χ4n) is 2.20. The number of guanidine groups is 1. The molecule has 7 heteroatoms. The largest absolute Gasteiger partial charge is 0.356 e. The molecule has 2 aromatic rings. The van der Waals surface area contributed by atoms with E-state index in [9.17, 15) is 4.39 Å². The summed E-state index contributed by atoms with van der Waals surface area (Å²) in [6, 6.07) is 5.08. The predicted octanol–water partition coefficient (Wildman–Crippen LogP) is 3.60. The van der Waals surface area contributed by atoms with Crippen LogP contribution in [-0.4, -0.2) is 36.5 Å². The zero-order valence-corrected chi connectivity index (χ0v) is 15.8. The first kappa shape index (κ1) is 17.9. The molecule has 0 bridgehead atoms. The van der Waals surface area contributed by atoms with Crippen LogP contribution in [-0.2, 0) is 13.0 Å². The van der Waals surface area contributed by atoms with E-state index in [1.54, 1.807) is 24.5 Å². The Balaban J connectivity index is 1.85. The molecular formula is C16H20BrFN4S. The summed E-state index contributed by atoms with van der Waals surface area (Å²) in [4.78, 5) is 10.8. The predicted molar refractivity (Wildman–Crippen MR) is 97.5 cm³/mol. The summed E-state index contributed by atoms with van der Waals surface area (Å²) in [6.45, 7) is 3.44. The van der Waals surface area contributed by atoms with Crippen LogP contribution in [0.25, 0.3) is 0 Å². The summed E-state index contributed by atoms with van der Waals surface area (Å²) in [5.74, 6) is 0.577. The fraction of sp³-hybridized carbons (Fsp3) is 0.375. The van der Waals surface area contributed by atoms with E-state index in [1.807, 2.05) is 24.9 Å². The summed E-state index contributed by atoms with van der Waals surface area (Å²) in [7, 11) is 3.75. The van der Waals surface area contributed by atoms with Crippen molar-refractivity contribution in [3.8, 4) is 0 Å². The standard InChI is InChI=1S/C16H20BrFN4S/c1-11-21-13(10-23-11)9-22(3)16(19-2)20-7-6-12-4-5-15(18)14(17)8-12/h4-5,8,10H,6-7,9H2,1-3H3,(H,19,20). The number of rotatable bonds is 5. The molecule has 0 spiro atoms. The normalized spacial score (nSPS) is 11.6. The molecule has 0 saturated carbocycles. The van der Waals surface area contributed by atoms with Gasteiger partial charge in [0.1, 0.15) is 5.82 Å². The molecule has 0 radical (unpaired) electrons. The van der Waals surface area contributed by atoms with Crippen molar-refractivity contribution in [2.45, 2.75) is 19.9 Å². The molecule has 23 heavy (non-hydrogen) atoms. The number of benzene rings is 1. The van der Waals surface area contributed by atoms with Gasteiger partial charge < -0.3 is 10.2 Å². The first-order chi connectivity index (χ1) is 11.0. The molecule has 0 fully saturated rings. The Kier molecular flexibility index (Phi) is 6.53. The van der Waals surface area contributed by atoms with E-state index in [0.29, 0.717) is 11.0 Å². The molecular weight excluding hydrogens is 379 g/mol. The quantitative estimate of drug-likeness (QED) is 0.617. The third-order valence-corrected chi connectivity index (χ3v) is 4.75. The number of nitrogens with zero attached hydrogens (tertiary/aromatic N) is 3. The zero-order valence-electron chi connectivity index (χ0n) is 13.4. The second-order valence-corrected chi connectivity index (χ2v) is 7.10. The third-order valence-electron chi connectivity index (χ3n) is 3.32. The van der Waals surface area contributed by atoms with Crippen molar-refractivity contribution in [1.29, 1.82) is 0 Å². The average Bonchev–Trinajstić information content (AvgIpc) is 2.92. The van der Waals surface area contributed by atoms with Crippen LogP contribution in [0.3, 0.4) is 0 Å². The van der Waals surface area contributed by atoms with Gasteiger partial charge in [-0.25, -0.2) is 9.37 Å². The van der Waals surface area contributed by atoms with Crippen molar-refractivity contribution in [3.05, 3.63) is 50.1 Å². The Morgan fingerprint density at radius 2 is 2.26 bits per heavy atom. The smallest absolute Gasteiger partial charge is 0.193 e. The highest BCUT2D eigenvalue weighted by atomic mass is 79.9. The van der Waals surface area contributed by atoms with Crippen molar-refractivity contribution >= 4 is 33.2 Å². The lowest BCUT2D eigenvalue weighted by Gasteiger charge is -2.21. The first-order valence-corrected chi connectivity index (χ1v) is 8.93. The molecule has 1 heterocycles. The Morgan fingerprint density at radius 1 is 1.48 bits per heavy atom. The van der Waals surface area contributed by atoms with Gasteiger partial charge in [0.25, 0.3) is 0 Å². The maximum Gasteiger partial charge on any atom is 0.193 e. The van der Waals surface area contributed by atoms with Crippen LogP contribution < -0.4 is 5.32 Å². The van der Waals surface area contributed by atoms with Gasteiger partial charge in [-0.3, -0.25) is 4.99 Å². The Bertz CT molecular complexity index is 686. The lowest BCUT2D eigenvalue weighted by atomic mass is 10.1. The summed E-state index contributed by atoms with van der Waals surface area (Å²) < 4.78 is 13.7. The second-order valence-electron chi connectivity index (χ2n) is 5.19. The highest BCUT2D eigenvalue weighted by Crippen LogP contribution is 2.17. The van der Waals surface area contributed by atoms with Gasteiger partial charge in [-0.15, -0.1) is 11.3 Å². The lowest BCUT2D eigenvalue weighted by molar-refractivity contribution is 0.471. The van der Waals surface area contributed by atoms with Crippen molar-refractivity contribution < 1.29 is 4.39 Å². The molecule has 0 amide bonds. The molecule has 0 saturated heterocycles. The summed E-state index contributed by atoms with van der Waals surface area (Å²) >= 11 is 4.86. The summed E-state index contributed by atoms with van der Waals surface area (Å²) in [5.41, 5.74) is 2.11. The Morgan fingerprint density at radius 3 is 2.87 bits per heavy atom. The minimum absolute atomic E-state index is 0.240. The van der Waals surface area contributed by atoms with E-state index in [-0.39, 0.29) is 5.82 Å². The SMILES string of the molecule is CN=C(NCCc1ccc(F)c(Br)c1)N(C)Cc1csc(C)n1. The number of halogens is 2. The third kappa shape index (κ3) is 5.28. The van der Waals surface area contributed by atoms with Gasteiger partial charge in [-0.05, 0) is 47.0 Å². The molecule has 1 aromatic heterocycles. The van der Waals surface area contributed by atoms with Gasteiger partial charge in [-0.1, -0.05) is 6.07 Å². The van der Waals surface area contributed by atoms with Crippen LogP contribution in [0, 0.1) is 12.7 Å². The maximum atomic E-state index is 13.2. The minimum atomic E-state index is -0.240.